The van der Waals surface area contributed by atoms with E-state index in [4.69, 9.17) is 11.6 Å². The molecule has 0 aromatic heterocycles. The SMILES string of the molecule is CC(Cl)c1ccccc1NCC1CCCC1. The van der Waals surface area contributed by atoms with Crippen LogP contribution in [0.3, 0.4) is 0 Å². The van der Waals surface area contributed by atoms with Crippen molar-refractivity contribution in [3.8, 4) is 0 Å². The van der Waals surface area contributed by atoms with Gasteiger partial charge in [-0.1, -0.05) is 31.0 Å². The molecule has 0 saturated heterocycles. The Hall–Kier alpha value is -0.690. The molecule has 0 aliphatic heterocycles. The summed E-state index contributed by atoms with van der Waals surface area (Å²) in [5.41, 5.74) is 2.42. The number of hydrogen-bond acceptors (Lipinski definition) is 1. The van der Waals surface area contributed by atoms with Crippen LogP contribution in [0.25, 0.3) is 0 Å². The number of nitrogens with one attached hydrogen (secondary N) is 1. The Kier molecular flexibility index (Phi) is 4.11. The number of halogens is 1. The van der Waals surface area contributed by atoms with Crippen LogP contribution >= 0.6 is 11.6 Å². The van der Waals surface area contributed by atoms with Gasteiger partial charge < -0.3 is 5.32 Å². The van der Waals surface area contributed by atoms with E-state index in [-0.39, 0.29) is 5.38 Å². The molecule has 1 aromatic rings. The first-order valence-electron chi connectivity index (χ1n) is 6.24. The zero-order chi connectivity index (χ0) is 11.4. The van der Waals surface area contributed by atoms with Gasteiger partial charge in [0.15, 0.2) is 0 Å². The largest absolute Gasteiger partial charge is 0.385 e. The molecular weight excluding hydrogens is 218 g/mol. The Morgan fingerprint density at radius 2 is 2.00 bits per heavy atom. The molecule has 0 radical (unpaired) electrons. The summed E-state index contributed by atoms with van der Waals surface area (Å²) in [5, 5.41) is 3.63. The van der Waals surface area contributed by atoms with Crippen molar-refractivity contribution in [1.29, 1.82) is 0 Å². The number of hydrogen-bond donors (Lipinski definition) is 1. The highest BCUT2D eigenvalue weighted by Crippen LogP contribution is 2.29. The van der Waals surface area contributed by atoms with Gasteiger partial charge in [0.05, 0.1) is 5.38 Å². The van der Waals surface area contributed by atoms with Crippen LogP contribution in [0.5, 0.6) is 0 Å². The van der Waals surface area contributed by atoms with Crippen LogP contribution < -0.4 is 5.32 Å². The minimum atomic E-state index is 0.0762. The van der Waals surface area contributed by atoms with E-state index in [9.17, 15) is 0 Å². The van der Waals surface area contributed by atoms with Gasteiger partial charge in [0.2, 0.25) is 0 Å². The smallest absolute Gasteiger partial charge is 0.0577 e. The number of anilines is 1. The van der Waals surface area contributed by atoms with Crippen molar-refractivity contribution in [3.05, 3.63) is 29.8 Å². The fourth-order valence-corrected chi connectivity index (χ4v) is 2.66. The molecule has 1 aromatic carbocycles. The van der Waals surface area contributed by atoms with Gasteiger partial charge >= 0.3 is 0 Å². The molecule has 1 atom stereocenters. The van der Waals surface area contributed by atoms with Gasteiger partial charge in [-0.25, -0.2) is 0 Å². The summed E-state index contributed by atoms with van der Waals surface area (Å²) in [6, 6.07) is 8.35. The first kappa shape index (κ1) is 11.8. The predicted molar refractivity (Wildman–Crippen MR) is 71.2 cm³/mol. The maximum atomic E-state index is 6.16. The Morgan fingerprint density at radius 3 is 2.69 bits per heavy atom. The van der Waals surface area contributed by atoms with Crippen LogP contribution in [0.15, 0.2) is 24.3 Å². The second-order valence-corrected chi connectivity index (χ2v) is 5.39. The van der Waals surface area contributed by atoms with Crippen molar-refractivity contribution >= 4 is 17.3 Å². The molecule has 1 saturated carbocycles. The highest BCUT2D eigenvalue weighted by atomic mass is 35.5. The molecule has 0 spiro atoms. The van der Waals surface area contributed by atoms with Crippen LogP contribution in [-0.4, -0.2) is 6.54 Å². The molecule has 88 valence electrons. The van der Waals surface area contributed by atoms with Crippen molar-refractivity contribution in [2.24, 2.45) is 5.92 Å². The van der Waals surface area contributed by atoms with E-state index in [0.717, 1.165) is 12.5 Å². The maximum Gasteiger partial charge on any atom is 0.0577 e. The Morgan fingerprint density at radius 1 is 1.31 bits per heavy atom. The Bertz CT molecular complexity index is 329. The Balaban J connectivity index is 1.97. The van der Waals surface area contributed by atoms with Gasteiger partial charge in [-0.3, -0.25) is 0 Å². The summed E-state index contributed by atoms with van der Waals surface area (Å²) in [6.45, 7) is 3.12. The van der Waals surface area contributed by atoms with Gasteiger partial charge in [0, 0.05) is 12.2 Å². The minimum absolute atomic E-state index is 0.0762. The summed E-state index contributed by atoms with van der Waals surface area (Å²) in [7, 11) is 0. The summed E-state index contributed by atoms with van der Waals surface area (Å²) < 4.78 is 0. The molecule has 1 fully saturated rings. The van der Waals surface area contributed by atoms with E-state index in [2.05, 4.69) is 29.6 Å². The number of para-hydroxylation sites is 1. The molecule has 2 rings (SSSR count). The average Bonchev–Trinajstić information content (AvgIpc) is 2.79. The number of benzene rings is 1. The molecular formula is C14H20ClN. The van der Waals surface area contributed by atoms with Gasteiger partial charge in [-0.2, -0.15) is 0 Å². The average molecular weight is 238 g/mol. The van der Waals surface area contributed by atoms with Crippen molar-refractivity contribution < 1.29 is 0 Å². The first-order chi connectivity index (χ1) is 7.77. The first-order valence-corrected chi connectivity index (χ1v) is 6.68. The molecule has 1 aliphatic carbocycles. The quantitative estimate of drug-likeness (QED) is 0.756. The fourth-order valence-electron chi connectivity index (χ4n) is 2.47. The molecule has 0 bridgehead atoms. The van der Waals surface area contributed by atoms with Gasteiger partial charge in [-0.15, -0.1) is 11.6 Å². The lowest BCUT2D eigenvalue weighted by atomic mass is 10.1. The molecule has 1 aliphatic rings. The molecule has 0 amide bonds. The molecule has 16 heavy (non-hydrogen) atoms. The molecule has 1 nitrogen and oxygen atoms in total. The topological polar surface area (TPSA) is 12.0 Å². The van der Waals surface area contributed by atoms with Crippen molar-refractivity contribution in [2.75, 3.05) is 11.9 Å². The standard InChI is InChI=1S/C14H20ClN/c1-11(15)13-8-4-5-9-14(13)16-10-12-6-2-3-7-12/h4-5,8-9,11-12,16H,2-3,6-7,10H2,1H3. The molecule has 1 N–H and O–H groups in total. The minimum Gasteiger partial charge on any atom is -0.385 e. The van der Waals surface area contributed by atoms with Gasteiger partial charge in [0.25, 0.3) is 0 Å². The summed E-state index contributed by atoms with van der Waals surface area (Å²) in [5.74, 6) is 0.860. The van der Waals surface area contributed by atoms with Crippen LogP contribution in [-0.2, 0) is 0 Å². The lowest BCUT2D eigenvalue weighted by Gasteiger charge is -2.16. The zero-order valence-corrected chi connectivity index (χ0v) is 10.6. The lowest BCUT2D eigenvalue weighted by molar-refractivity contribution is 0.579. The van der Waals surface area contributed by atoms with E-state index >= 15 is 0 Å². The van der Waals surface area contributed by atoms with Crippen molar-refractivity contribution in [2.45, 2.75) is 38.0 Å². The predicted octanol–water partition coefficient (Wildman–Crippen LogP) is 4.59. The van der Waals surface area contributed by atoms with Gasteiger partial charge in [0.1, 0.15) is 0 Å². The fraction of sp³-hybridized carbons (Fsp3) is 0.571. The molecule has 0 heterocycles. The van der Waals surface area contributed by atoms with Crippen LogP contribution in [0.4, 0.5) is 5.69 Å². The van der Waals surface area contributed by atoms with Crippen LogP contribution in [0, 0.1) is 5.92 Å². The van der Waals surface area contributed by atoms with Crippen LogP contribution in [0.2, 0.25) is 0 Å². The highest BCUT2D eigenvalue weighted by molar-refractivity contribution is 6.21. The second kappa shape index (κ2) is 5.58. The second-order valence-electron chi connectivity index (χ2n) is 4.73. The molecule has 2 heteroatoms. The normalized spacial score (nSPS) is 18.6. The number of alkyl halides is 1. The maximum absolute atomic E-state index is 6.16. The van der Waals surface area contributed by atoms with E-state index in [1.165, 1.54) is 36.9 Å². The lowest BCUT2D eigenvalue weighted by Crippen LogP contribution is -2.12. The third kappa shape index (κ3) is 2.91. The van der Waals surface area contributed by atoms with E-state index in [0.29, 0.717) is 0 Å². The van der Waals surface area contributed by atoms with Crippen LogP contribution in [0.1, 0.15) is 43.5 Å². The Labute approximate surface area is 103 Å². The summed E-state index contributed by atoms with van der Waals surface area (Å²) in [6.07, 6.45) is 5.57. The third-order valence-electron chi connectivity index (χ3n) is 3.45. The summed E-state index contributed by atoms with van der Waals surface area (Å²) in [4.78, 5) is 0. The monoisotopic (exact) mass is 237 g/mol. The van der Waals surface area contributed by atoms with E-state index < -0.39 is 0 Å². The number of rotatable bonds is 4. The summed E-state index contributed by atoms with van der Waals surface area (Å²) >= 11 is 6.16. The zero-order valence-electron chi connectivity index (χ0n) is 9.88. The van der Waals surface area contributed by atoms with Crippen molar-refractivity contribution in [3.63, 3.8) is 0 Å². The van der Waals surface area contributed by atoms with Crippen molar-refractivity contribution in [1.82, 2.24) is 0 Å². The van der Waals surface area contributed by atoms with Gasteiger partial charge in [-0.05, 0) is 37.3 Å². The van der Waals surface area contributed by atoms with E-state index in [1.54, 1.807) is 0 Å². The third-order valence-corrected chi connectivity index (χ3v) is 3.68. The molecule has 1 unspecified atom stereocenters. The highest BCUT2D eigenvalue weighted by Gasteiger charge is 2.15. The van der Waals surface area contributed by atoms with E-state index in [1.807, 2.05) is 6.92 Å².